The molecule has 1 aromatic rings. The van der Waals surface area contributed by atoms with E-state index in [1.807, 2.05) is 13.8 Å². The van der Waals surface area contributed by atoms with E-state index in [1.165, 1.54) is 6.07 Å². The van der Waals surface area contributed by atoms with Crippen LogP contribution in [0.25, 0.3) is 0 Å². The van der Waals surface area contributed by atoms with E-state index in [2.05, 4.69) is 10.5 Å². The first-order chi connectivity index (χ1) is 6.61. The number of rotatable bonds is 3. The van der Waals surface area contributed by atoms with Gasteiger partial charge in [-0.2, -0.15) is 5.10 Å². The van der Waals surface area contributed by atoms with Crippen LogP contribution in [0.1, 0.15) is 13.8 Å². The Kier molecular flexibility index (Phi) is 3.17. The number of para-hydroxylation sites is 2. The number of benzene rings is 1. The van der Waals surface area contributed by atoms with E-state index in [1.54, 1.807) is 18.2 Å². The quantitative estimate of drug-likeness (QED) is 0.455. The van der Waals surface area contributed by atoms with E-state index in [0.717, 1.165) is 5.71 Å². The molecule has 0 fully saturated rings. The fourth-order valence-electron chi connectivity index (χ4n) is 0.899. The van der Waals surface area contributed by atoms with Crippen molar-refractivity contribution in [3.63, 3.8) is 0 Å². The number of hydrazone groups is 1. The lowest BCUT2D eigenvalue weighted by Gasteiger charge is -2.01. The molecule has 0 saturated carbocycles. The van der Waals surface area contributed by atoms with Gasteiger partial charge in [0.1, 0.15) is 5.69 Å². The topological polar surface area (TPSA) is 67.5 Å². The van der Waals surface area contributed by atoms with Crippen molar-refractivity contribution in [2.75, 3.05) is 5.43 Å². The third-order valence-corrected chi connectivity index (χ3v) is 1.50. The van der Waals surface area contributed by atoms with Crippen LogP contribution >= 0.6 is 0 Å². The van der Waals surface area contributed by atoms with Gasteiger partial charge in [-0.3, -0.25) is 15.5 Å². The van der Waals surface area contributed by atoms with E-state index in [4.69, 9.17) is 0 Å². The van der Waals surface area contributed by atoms with Crippen LogP contribution < -0.4 is 5.43 Å². The summed E-state index contributed by atoms with van der Waals surface area (Å²) in [5, 5.41) is 14.5. The molecule has 0 radical (unpaired) electrons. The van der Waals surface area contributed by atoms with Gasteiger partial charge < -0.3 is 0 Å². The summed E-state index contributed by atoms with van der Waals surface area (Å²) in [7, 11) is 0. The minimum absolute atomic E-state index is 0.0255. The standard InChI is InChI=1S/C9H11N3O2/c1-7(2)10-11-8-5-3-4-6-9(8)12(13)14/h3-6,11H,1-2H3. The summed E-state index contributed by atoms with van der Waals surface area (Å²) in [5.74, 6) is 0. The molecule has 0 amide bonds. The monoisotopic (exact) mass is 193 g/mol. The molecule has 1 rings (SSSR count). The maximum atomic E-state index is 10.6. The second-order valence-corrected chi connectivity index (χ2v) is 2.95. The molecular formula is C9H11N3O2. The van der Waals surface area contributed by atoms with Gasteiger partial charge in [0.05, 0.1) is 4.92 Å². The van der Waals surface area contributed by atoms with E-state index >= 15 is 0 Å². The van der Waals surface area contributed by atoms with Gasteiger partial charge in [-0.15, -0.1) is 0 Å². The molecule has 1 N–H and O–H groups in total. The number of anilines is 1. The Morgan fingerprint density at radius 3 is 2.64 bits per heavy atom. The minimum Gasteiger partial charge on any atom is -0.272 e. The average molecular weight is 193 g/mol. The molecule has 74 valence electrons. The van der Waals surface area contributed by atoms with Gasteiger partial charge in [-0.25, -0.2) is 0 Å². The highest BCUT2D eigenvalue weighted by molar-refractivity contribution is 5.80. The summed E-state index contributed by atoms with van der Waals surface area (Å²) in [4.78, 5) is 10.1. The van der Waals surface area contributed by atoms with Gasteiger partial charge in [-0.1, -0.05) is 12.1 Å². The van der Waals surface area contributed by atoms with Crippen LogP contribution in [0.5, 0.6) is 0 Å². The Labute approximate surface area is 81.6 Å². The first kappa shape index (κ1) is 10.2. The fourth-order valence-corrected chi connectivity index (χ4v) is 0.899. The van der Waals surface area contributed by atoms with E-state index in [9.17, 15) is 10.1 Å². The van der Waals surface area contributed by atoms with Crippen molar-refractivity contribution in [2.45, 2.75) is 13.8 Å². The molecule has 5 heteroatoms. The predicted octanol–water partition coefficient (Wildman–Crippen LogP) is 2.40. The highest BCUT2D eigenvalue weighted by Crippen LogP contribution is 2.22. The molecule has 0 aromatic heterocycles. The summed E-state index contributed by atoms with van der Waals surface area (Å²) in [6.45, 7) is 3.61. The van der Waals surface area contributed by atoms with Crippen LogP contribution in [0.2, 0.25) is 0 Å². The molecule has 0 heterocycles. The molecule has 0 spiro atoms. The lowest BCUT2D eigenvalue weighted by molar-refractivity contribution is -0.384. The van der Waals surface area contributed by atoms with Crippen LogP contribution in [0.4, 0.5) is 11.4 Å². The molecule has 14 heavy (non-hydrogen) atoms. The first-order valence-electron chi connectivity index (χ1n) is 4.11. The smallest absolute Gasteiger partial charge is 0.272 e. The third-order valence-electron chi connectivity index (χ3n) is 1.50. The van der Waals surface area contributed by atoms with Crippen LogP contribution in [0, 0.1) is 10.1 Å². The van der Waals surface area contributed by atoms with E-state index in [-0.39, 0.29) is 5.69 Å². The van der Waals surface area contributed by atoms with Gasteiger partial charge in [-0.05, 0) is 19.9 Å². The second-order valence-electron chi connectivity index (χ2n) is 2.95. The van der Waals surface area contributed by atoms with E-state index < -0.39 is 4.92 Å². The number of nitrogens with one attached hydrogen (secondary N) is 1. The summed E-state index contributed by atoms with van der Waals surface area (Å²) in [5.41, 5.74) is 3.88. The molecule has 0 aliphatic heterocycles. The van der Waals surface area contributed by atoms with Gasteiger partial charge in [0.15, 0.2) is 0 Å². The van der Waals surface area contributed by atoms with E-state index in [0.29, 0.717) is 5.69 Å². The maximum Gasteiger partial charge on any atom is 0.294 e. The van der Waals surface area contributed by atoms with Gasteiger partial charge >= 0.3 is 0 Å². The number of hydrogen-bond donors (Lipinski definition) is 1. The van der Waals surface area contributed by atoms with Crippen LogP contribution in [0.15, 0.2) is 29.4 Å². The predicted molar refractivity (Wildman–Crippen MR) is 55.5 cm³/mol. The molecule has 0 unspecified atom stereocenters. The Hall–Kier alpha value is -1.91. The number of nitro groups is 1. The maximum absolute atomic E-state index is 10.6. The summed E-state index contributed by atoms with van der Waals surface area (Å²) < 4.78 is 0. The molecule has 5 nitrogen and oxygen atoms in total. The average Bonchev–Trinajstić information content (AvgIpc) is 2.15. The molecule has 0 aliphatic carbocycles. The summed E-state index contributed by atoms with van der Waals surface area (Å²) in [6.07, 6.45) is 0. The van der Waals surface area contributed by atoms with Crippen LogP contribution in [-0.4, -0.2) is 10.6 Å². The SMILES string of the molecule is CC(C)=NNc1ccccc1[N+](=O)[O-]. The van der Waals surface area contributed by atoms with Gasteiger partial charge in [0.2, 0.25) is 0 Å². The Balaban J connectivity index is 2.96. The molecular weight excluding hydrogens is 182 g/mol. The van der Waals surface area contributed by atoms with Crippen molar-refractivity contribution in [3.8, 4) is 0 Å². The Morgan fingerprint density at radius 2 is 2.07 bits per heavy atom. The van der Waals surface area contributed by atoms with Crippen molar-refractivity contribution >= 4 is 17.1 Å². The summed E-state index contributed by atoms with van der Waals surface area (Å²) >= 11 is 0. The van der Waals surface area contributed by atoms with Crippen molar-refractivity contribution in [2.24, 2.45) is 5.10 Å². The van der Waals surface area contributed by atoms with Gasteiger partial charge in [0.25, 0.3) is 5.69 Å². The number of nitrogens with zero attached hydrogens (tertiary/aromatic N) is 2. The van der Waals surface area contributed by atoms with Crippen molar-refractivity contribution in [1.82, 2.24) is 0 Å². The molecule has 0 atom stereocenters. The highest BCUT2D eigenvalue weighted by Gasteiger charge is 2.10. The van der Waals surface area contributed by atoms with Crippen molar-refractivity contribution < 1.29 is 4.92 Å². The molecule has 0 saturated heterocycles. The highest BCUT2D eigenvalue weighted by atomic mass is 16.6. The van der Waals surface area contributed by atoms with Crippen LogP contribution in [-0.2, 0) is 0 Å². The second kappa shape index (κ2) is 4.36. The first-order valence-corrected chi connectivity index (χ1v) is 4.11. The van der Waals surface area contributed by atoms with Crippen LogP contribution in [0.3, 0.4) is 0 Å². The zero-order chi connectivity index (χ0) is 10.6. The Bertz CT molecular complexity index is 370. The summed E-state index contributed by atoms with van der Waals surface area (Å²) in [6, 6.07) is 6.38. The van der Waals surface area contributed by atoms with Gasteiger partial charge in [0, 0.05) is 11.8 Å². The minimum atomic E-state index is -0.442. The zero-order valence-electron chi connectivity index (χ0n) is 8.02. The lowest BCUT2D eigenvalue weighted by Crippen LogP contribution is -1.97. The molecule has 1 aromatic carbocycles. The largest absolute Gasteiger partial charge is 0.294 e. The normalized spacial score (nSPS) is 9.29. The third kappa shape index (κ3) is 2.55. The van der Waals surface area contributed by atoms with Crippen molar-refractivity contribution in [1.29, 1.82) is 0 Å². The Morgan fingerprint density at radius 1 is 1.43 bits per heavy atom. The fraction of sp³-hybridized carbons (Fsp3) is 0.222. The van der Waals surface area contributed by atoms with Crippen molar-refractivity contribution in [3.05, 3.63) is 34.4 Å². The number of nitro benzene ring substituents is 1. The molecule has 0 aliphatic rings. The lowest BCUT2D eigenvalue weighted by atomic mass is 10.3. The zero-order valence-corrected chi connectivity index (χ0v) is 8.02. The molecule has 0 bridgehead atoms. The number of hydrogen-bond acceptors (Lipinski definition) is 4.